The molecule has 6 heterocycles. The molecule has 6 aromatic rings. The summed E-state index contributed by atoms with van der Waals surface area (Å²) in [5, 5.41) is 11.6. The molecule has 0 bridgehead atoms. The number of aryl methyl sites for hydroxylation is 3. The highest BCUT2D eigenvalue weighted by molar-refractivity contribution is 6.00. The van der Waals surface area contributed by atoms with Crippen molar-refractivity contribution in [1.29, 1.82) is 0 Å². The number of hydrogen-bond donors (Lipinski definition) is 5. The molecule has 21 heteroatoms. The molecule has 0 unspecified atom stereocenters. The number of benzene rings is 3. The fraction of sp³-hybridized carbons (Fsp3) is 0.506. The van der Waals surface area contributed by atoms with E-state index >= 15 is 0 Å². The minimum Gasteiger partial charge on any atom is -0.361 e. The van der Waals surface area contributed by atoms with Crippen LogP contribution in [0.25, 0.3) is 0 Å². The second kappa shape index (κ2) is 42.0. The number of Topliss-reactive ketones (excluding diaryl/α,β-unsaturated/α-hetero) is 6. The zero-order valence-electron chi connectivity index (χ0n) is 65.0. The number of ether oxygens (including phenoxy) is 3. The quantitative estimate of drug-likeness (QED) is 0.0222. The zero-order chi connectivity index (χ0) is 78.6. The first-order chi connectivity index (χ1) is 51.4. The molecule has 3 fully saturated rings. The van der Waals surface area contributed by atoms with E-state index in [1.165, 1.54) is 12.5 Å². The maximum absolute atomic E-state index is 13.6. The lowest BCUT2D eigenvalue weighted by Crippen LogP contribution is -2.49. The van der Waals surface area contributed by atoms with Crippen molar-refractivity contribution in [3.05, 3.63) is 198 Å². The molecule has 0 radical (unpaired) electrons. The van der Waals surface area contributed by atoms with Gasteiger partial charge in [-0.25, -0.2) is 0 Å². The minimum absolute atomic E-state index is 0.0144. The average molecular weight is 1480 g/mol. The Morgan fingerprint density at radius 3 is 0.963 bits per heavy atom. The van der Waals surface area contributed by atoms with E-state index in [1.54, 1.807) is 70.1 Å². The van der Waals surface area contributed by atoms with Gasteiger partial charge >= 0.3 is 0 Å². The zero-order valence-corrected chi connectivity index (χ0v) is 65.0. The van der Waals surface area contributed by atoms with Gasteiger partial charge in [-0.1, -0.05) is 139 Å². The van der Waals surface area contributed by atoms with Crippen LogP contribution in [-0.2, 0) is 101 Å². The van der Waals surface area contributed by atoms with Gasteiger partial charge in [-0.15, -0.1) is 0 Å². The van der Waals surface area contributed by atoms with Gasteiger partial charge in [0.2, 0.25) is 23.6 Å². The largest absolute Gasteiger partial charge is 0.361 e. The molecule has 3 aliphatic heterocycles. The predicted octanol–water partition coefficient (Wildman–Crippen LogP) is 10.6. The summed E-state index contributed by atoms with van der Waals surface area (Å²) < 4.78 is 16.0. The van der Waals surface area contributed by atoms with E-state index in [-0.39, 0.29) is 101 Å². The normalized spacial score (nSPS) is 19.3. The first-order valence-electron chi connectivity index (χ1n) is 38.3. The Morgan fingerprint density at radius 2 is 0.667 bits per heavy atom. The molecule has 0 saturated carbocycles. The molecular weight excluding hydrogens is 1360 g/mol. The third kappa shape index (κ3) is 29.1. The fourth-order valence-corrected chi connectivity index (χ4v) is 13.1. The van der Waals surface area contributed by atoms with Gasteiger partial charge in [0, 0.05) is 87.0 Å². The standard InChI is InChI=1S/C30H39N3O5.C29H38N2O4.C28H37N3O4/c1-20(2)16-26(28(36)30(4)19-38-30)33-29(37)24(17-23-12-14-31-15-13-23)18-27(35)25(32-21(3)34)11-10-22-8-6-5-7-9-22;1-20(2)16-25(27(33)29(4)19-35-29)31-28(34)24(17-23-12-14-30-15-13-23)18-26(32)21(3)10-11-22-8-6-5-7-9-22;1-19(2)15-24(26(33)28(3)18-35-28)31-27(34)22(16-21-11-13-30-14-12-21)17-25(32)23(29)10-9-20-7-5-4-6-8-20/h5-9,12-15,20,24-26H,10-11,16-19H2,1-4H3,(H,32,34)(H,33,37);5-9,12-15,20-21,24-25H,10-11,16-19H2,1-4H3,(H,31,34);4-8,11-14,19,22-24H,9-10,15-18,29H2,1-3H3,(H,31,34)/t24-,25+,26+,30-;21-,24+,25-,29+;22-,23+,24+,28-/m101/s1. The highest BCUT2D eigenvalue weighted by atomic mass is 16.6. The summed E-state index contributed by atoms with van der Waals surface area (Å²) in [6, 6.07) is 37.4. The van der Waals surface area contributed by atoms with Crippen LogP contribution in [0, 0.1) is 41.4 Å². The van der Waals surface area contributed by atoms with Crippen LogP contribution in [0.5, 0.6) is 0 Å². The number of ketones is 6. The van der Waals surface area contributed by atoms with Crippen molar-refractivity contribution in [2.75, 3.05) is 19.8 Å². The number of hydrogen-bond acceptors (Lipinski definition) is 17. The highest BCUT2D eigenvalue weighted by Crippen LogP contribution is 2.33. The van der Waals surface area contributed by atoms with E-state index < -0.39 is 64.8 Å². The number of nitrogens with zero attached hydrogens (tertiary/aromatic N) is 3. The molecule has 3 aromatic carbocycles. The van der Waals surface area contributed by atoms with Gasteiger partial charge in [0.05, 0.1) is 50.0 Å². The molecule has 108 heavy (non-hydrogen) atoms. The van der Waals surface area contributed by atoms with Crippen molar-refractivity contribution in [2.45, 2.75) is 219 Å². The Balaban J connectivity index is 0.000000226. The summed E-state index contributed by atoms with van der Waals surface area (Å²) in [5.74, 6) is -3.33. The van der Waals surface area contributed by atoms with Crippen molar-refractivity contribution in [1.82, 2.24) is 36.2 Å². The van der Waals surface area contributed by atoms with E-state index in [0.717, 1.165) is 40.7 Å². The summed E-state index contributed by atoms with van der Waals surface area (Å²) in [5.41, 5.74) is 9.80. The number of pyridine rings is 3. The first kappa shape index (κ1) is 86.1. The molecule has 4 amide bonds. The average Bonchev–Trinajstić information content (AvgIpc) is 1.65. The number of amides is 4. The fourth-order valence-electron chi connectivity index (χ4n) is 13.1. The van der Waals surface area contributed by atoms with Crippen molar-refractivity contribution in [3.8, 4) is 0 Å². The van der Waals surface area contributed by atoms with Crippen LogP contribution >= 0.6 is 0 Å². The van der Waals surface area contributed by atoms with Gasteiger partial charge in [-0.2, -0.15) is 0 Å². The number of aromatic nitrogens is 3. The first-order valence-corrected chi connectivity index (χ1v) is 38.3. The number of nitrogens with one attached hydrogen (secondary N) is 4. The van der Waals surface area contributed by atoms with Gasteiger partial charge in [0.25, 0.3) is 0 Å². The molecule has 21 nitrogen and oxygen atoms in total. The van der Waals surface area contributed by atoms with Crippen LogP contribution in [0.15, 0.2) is 165 Å². The smallest absolute Gasteiger partial charge is 0.224 e. The van der Waals surface area contributed by atoms with Crippen molar-refractivity contribution in [3.63, 3.8) is 0 Å². The maximum Gasteiger partial charge on any atom is 0.224 e. The second-order valence-electron chi connectivity index (χ2n) is 31.3. The van der Waals surface area contributed by atoms with Gasteiger partial charge < -0.3 is 41.2 Å². The summed E-state index contributed by atoms with van der Waals surface area (Å²) in [7, 11) is 0. The second-order valence-corrected chi connectivity index (χ2v) is 31.3. The Hall–Kier alpha value is -9.15. The lowest BCUT2D eigenvalue weighted by molar-refractivity contribution is -0.134. The van der Waals surface area contributed by atoms with E-state index in [9.17, 15) is 47.9 Å². The van der Waals surface area contributed by atoms with Crippen molar-refractivity contribution >= 4 is 58.3 Å². The lowest BCUT2D eigenvalue weighted by atomic mass is 9.87. The topological polar surface area (TPSA) is 321 Å². The van der Waals surface area contributed by atoms with E-state index in [2.05, 4.69) is 48.4 Å². The van der Waals surface area contributed by atoms with Crippen LogP contribution in [0.1, 0.15) is 167 Å². The Morgan fingerprint density at radius 1 is 0.380 bits per heavy atom. The van der Waals surface area contributed by atoms with E-state index in [1.807, 2.05) is 152 Å². The number of carbonyl (C=O) groups is 10. The number of rotatable bonds is 43. The monoisotopic (exact) mass is 1480 g/mol. The minimum atomic E-state index is -0.864. The third-order valence-corrected chi connectivity index (χ3v) is 20.1. The molecule has 3 aromatic heterocycles. The SMILES string of the molecule is CC(=O)N[C@@H](CCc1ccccc1)C(=O)C[C@@H](Cc1ccncc1)C(=O)N[C@@H](CC(C)C)C(=O)[C@@]1(C)CO1.CC(C)C[C@H](NC(=O)[C@@H](CC(=O)[C@@H](C)CCc1ccccc1)Cc1ccncc1)C(=O)[C@@]1(C)CO1.CC(C)C[C@H](NC(=O)[C@@H](CC(=O)[C@@H](N)CCc1ccccc1)Cc1ccncc1)C(=O)[C@@]1(C)CO1. The number of carbonyl (C=O) groups excluding carboxylic acids is 10. The van der Waals surface area contributed by atoms with Crippen molar-refractivity contribution < 1.29 is 62.2 Å². The van der Waals surface area contributed by atoms with E-state index in [4.69, 9.17) is 19.9 Å². The predicted molar refractivity (Wildman–Crippen MR) is 414 cm³/mol. The summed E-state index contributed by atoms with van der Waals surface area (Å²) >= 11 is 0. The van der Waals surface area contributed by atoms with Gasteiger partial charge in [0.1, 0.15) is 28.4 Å². The number of epoxide rings is 3. The molecule has 6 N–H and O–H groups in total. The summed E-state index contributed by atoms with van der Waals surface area (Å²) in [4.78, 5) is 143. The Bertz CT molecular complexity index is 3710. The van der Waals surface area contributed by atoms with Gasteiger partial charge in [0.15, 0.2) is 23.1 Å². The molecule has 0 aliphatic carbocycles. The van der Waals surface area contributed by atoms with Crippen molar-refractivity contribution in [2.24, 2.45) is 47.2 Å². The van der Waals surface area contributed by atoms with Crippen LogP contribution in [0.2, 0.25) is 0 Å². The molecular formula is C87H114N8O13. The molecule has 580 valence electrons. The van der Waals surface area contributed by atoms with E-state index in [0.29, 0.717) is 84.0 Å². The molecule has 3 saturated heterocycles. The highest BCUT2D eigenvalue weighted by Gasteiger charge is 2.52. The summed E-state index contributed by atoms with van der Waals surface area (Å²) in [6.45, 7) is 21.7. The number of nitrogens with two attached hydrogens (primary N) is 1. The van der Waals surface area contributed by atoms with Gasteiger partial charge in [-0.3, -0.25) is 62.9 Å². The van der Waals surface area contributed by atoms with Crippen LogP contribution < -0.4 is 27.0 Å². The molecule has 3 aliphatic rings. The Labute approximate surface area is 638 Å². The maximum atomic E-state index is 13.6. The third-order valence-electron chi connectivity index (χ3n) is 20.1. The lowest BCUT2D eigenvalue weighted by Gasteiger charge is -2.25. The van der Waals surface area contributed by atoms with Crippen LogP contribution in [-0.4, -0.2) is 140 Å². The molecule has 9 rings (SSSR count). The van der Waals surface area contributed by atoms with Crippen LogP contribution in [0.3, 0.4) is 0 Å². The van der Waals surface area contributed by atoms with Crippen LogP contribution in [0.4, 0.5) is 0 Å². The van der Waals surface area contributed by atoms with Gasteiger partial charge in [-0.05, 0) is 185 Å². The Kier molecular flexibility index (Phi) is 33.5. The summed E-state index contributed by atoms with van der Waals surface area (Å²) in [6.07, 6.45) is 16.5. The molecule has 12 atom stereocenters. The molecule has 0 spiro atoms.